The van der Waals surface area contributed by atoms with Gasteiger partial charge in [-0.05, 0) is 45.9 Å². The zero-order valence-electron chi connectivity index (χ0n) is 17.7. The van der Waals surface area contributed by atoms with Crippen molar-refractivity contribution in [3.05, 3.63) is 39.9 Å². The van der Waals surface area contributed by atoms with Gasteiger partial charge in [0.25, 0.3) is 11.5 Å². The molecular formula is C22H30N4O3. The van der Waals surface area contributed by atoms with Crippen molar-refractivity contribution in [3.8, 4) is 0 Å². The fourth-order valence-electron chi connectivity index (χ4n) is 4.45. The summed E-state index contributed by atoms with van der Waals surface area (Å²) in [6.45, 7) is 11.9. The van der Waals surface area contributed by atoms with Crippen molar-refractivity contribution in [2.24, 2.45) is 0 Å². The van der Waals surface area contributed by atoms with E-state index in [1.54, 1.807) is 22.8 Å². The summed E-state index contributed by atoms with van der Waals surface area (Å²) in [4.78, 5) is 35.1. The largest absolute Gasteiger partial charge is 0.372 e. The number of fused-ring (bicyclic) bond motifs is 2. The molecule has 0 aliphatic carbocycles. The number of aromatic nitrogens is 2. The predicted octanol–water partition coefficient (Wildman–Crippen LogP) is 1.91. The highest BCUT2D eigenvalue weighted by molar-refractivity contribution is 5.97. The van der Waals surface area contributed by atoms with Gasteiger partial charge in [-0.15, -0.1) is 0 Å². The van der Waals surface area contributed by atoms with E-state index in [1.165, 1.54) is 0 Å². The van der Waals surface area contributed by atoms with E-state index in [-0.39, 0.29) is 23.7 Å². The highest BCUT2D eigenvalue weighted by Gasteiger charge is 2.27. The van der Waals surface area contributed by atoms with Crippen molar-refractivity contribution in [2.75, 3.05) is 26.2 Å². The van der Waals surface area contributed by atoms with Gasteiger partial charge in [-0.2, -0.15) is 0 Å². The fraction of sp³-hybridized carbons (Fsp3) is 0.591. The Balaban J connectivity index is 1.67. The van der Waals surface area contributed by atoms with Crippen molar-refractivity contribution in [1.29, 1.82) is 0 Å². The molecular weight excluding hydrogens is 368 g/mol. The Bertz CT molecular complexity index is 974. The van der Waals surface area contributed by atoms with Gasteiger partial charge in [-0.25, -0.2) is 4.98 Å². The number of benzene rings is 1. The molecule has 156 valence electrons. The topological polar surface area (TPSA) is 67.7 Å². The van der Waals surface area contributed by atoms with E-state index < -0.39 is 0 Å². The van der Waals surface area contributed by atoms with Crippen LogP contribution in [0.15, 0.2) is 23.0 Å². The normalized spacial score (nSPS) is 23.3. The second-order valence-electron chi connectivity index (χ2n) is 8.56. The second kappa shape index (κ2) is 7.88. The average molecular weight is 399 g/mol. The zero-order chi connectivity index (χ0) is 20.7. The maximum atomic E-state index is 13.1. The average Bonchev–Trinajstić information content (AvgIpc) is 2.89. The van der Waals surface area contributed by atoms with Crippen LogP contribution < -0.4 is 5.56 Å². The Labute approximate surface area is 171 Å². The Kier molecular flexibility index (Phi) is 5.44. The molecule has 2 aliphatic rings. The van der Waals surface area contributed by atoms with Gasteiger partial charge < -0.3 is 9.64 Å². The molecule has 0 bridgehead atoms. The minimum Gasteiger partial charge on any atom is -0.372 e. The van der Waals surface area contributed by atoms with E-state index in [2.05, 4.69) is 18.7 Å². The standard InChI is InChI=1S/C22H30N4O3/c1-14(2)24-8-7-20-23-19-11-17(5-6-18(19)22(28)26(20)10-9-24)21(27)25-12-15(3)29-16(4)13-25/h5-6,11,14-16H,7-10,12-13H2,1-4H3. The summed E-state index contributed by atoms with van der Waals surface area (Å²) in [5, 5.41) is 0.576. The van der Waals surface area contributed by atoms with Gasteiger partial charge in [0, 0.05) is 50.7 Å². The second-order valence-corrected chi connectivity index (χ2v) is 8.56. The van der Waals surface area contributed by atoms with Gasteiger partial charge in [0.1, 0.15) is 5.82 Å². The van der Waals surface area contributed by atoms with E-state index >= 15 is 0 Å². The predicted molar refractivity (Wildman–Crippen MR) is 112 cm³/mol. The van der Waals surface area contributed by atoms with Crippen molar-refractivity contribution >= 4 is 16.8 Å². The van der Waals surface area contributed by atoms with Crippen molar-refractivity contribution in [1.82, 2.24) is 19.4 Å². The third kappa shape index (κ3) is 3.94. The van der Waals surface area contributed by atoms with Gasteiger partial charge in [0.2, 0.25) is 0 Å². The van der Waals surface area contributed by atoms with E-state index in [0.29, 0.717) is 42.1 Å². The monoisotopic (exact) mass is 398 g/mol. The van der Waals surface area contributed by atoms with Gasteiger partial charge in [-0.3, -0.25) is 19.1 Å². The molecule has 29 heavy (non-hydrogen) atoms. The van der Waals surface area contributed by atoms with Crippen LogP contribution in [0.25, 0.3) is 10.9 Å². The van der Waals surface area contributed by atoms with Crippen molar-refractivity contribution in [3.63, 3.8) is 0 Å². The van der Waals surface area contributed by atoms with E-state index in [9.17, 15) is 9.59 Å². The molecule has 1 fully saturated rings. The zero-order valence-corrected chi connectivity index (χ0v) is 17.7. The number of amides is 1. The Morgan fingerprint density at radius 1 is 1.14 bits per heavy atom. The summed E-state index contributed by atoms with van der Waals surface area (Å²) < 4.78 is 7.54. The third-order valence-corrected chi connectivity index (χ3v) is 5.95. The van der Waals surface area contributed by atoms with E-state index in [4.69, 9.17) is 9.72 Å². The molecule has 1 saturated heterocycles. The minimum absolute atomic E-state index is 0.0109. The Morgan fingerprint density at radius 2 is 1.86 bits per heavy atom. The summed E-state index contributed by atoms with van der Waals surface area (Å²) in [5.74, 6) is 0.778. The van der Waals surface area contributed by atoms with E-state index in [1.807, 2.05) is 18.7 Å². The van der Waals surface area contributed by atoms with Crippen LogP contribution in [0, 0.1) is 0 Å². The molecule has 7 heteroatoms. The minimum atomic E-state index is -0.0308. The van der Waals surface area contributed by atoms with Gasteiger partial charge in [0.15, 0.2) is 0 Å². The maximum Gasteiger partial charge on any atom is 0.261 e. The Morgan fingerprint density at radius 3 is 2.55 bits per heavy atom. The van der Waals surface area contributed by atoms with Crippen LogP contribution in [-0.2, 0) is 17.7 Å². The molecule has 4 rings (SSSR count). The SMILES string of the molecule is CC1CN(C(=O)c2ccc3c(=O)n4c(nc3c2)CCN(C(C)C)CC4)CC(C)O1. The molecule has 2 aliphatic heterocycles. The summed E-state index contributed by atoms with van der Waals surface area (Å²) in [6, 6.07) is 5.72. The molecule has 0 radical (unpaired) electrons. The lowest BCUT2D eigenvalue weighted by Gasteiger charge is -2.35. The van der Waals surface area contributed by atoms with Crippen LogP contribution in [-0.4, -0.2) is 69.7 Å². The van der Waals surface area contributed by atoms with Gasteiger partial charge >= 0.3 is 0 Å². The molecule has 0 saturated carbocycles. The van der Waals surface area contributed by atoms with Crippen LogP contribution in [0.5, 0.6) is 0 Å². The van der Waals surface area contributed by atoms with Crippen LogP contribution in [0.4, 0.5) is 0 Å². The molecule has 2 aromatic rings. The smallest absolute Gasteiger partial charge is 0.261 e. The molecule has 2 atom stereocenters. The van der Waals surface area contributed by atoms with Crippen LogP contribution in [0.3, 0.4) is 0 Å². The lowest BCUT2D eigenvalue weighted by Crippen LogP contribution is -2.48. The first-order valence-corrected chi connectivity index (χ1v) is 10.6. The number of rotatable bonds is 2. The molecule has 0 N–H and O–H groups in total. The number of morpholine rings is 1. The highest BCUT2D eigenvalue weighted by atomic mass is 16.5. The molecule has 2 unspecified atom stereocenters. The first-order valence-electron chi connectivity index (χ1n) is 10.6. The molecule has 1 amide bonds. The fourth-order valence-corrected chi connectivity index (χ4v) is 4.45. The van der Waals surface area contributed by atoms with Gasteiger partial charge in [0.05, 0.1) is 23.1 Å². The van der Waals surface area contributed by atoms with Crippen LogP contribution >= 0.6 is 0 Å². The van der Waals surface area contributed by atoms with Crippen molar-refractivity contribution < 1.29 is 9.53 Å². The molecule has 1 aromatic heterocycles. The highest BCUT2D eigenvalue weighted by Crippen LogP contribution is 2.18. The van der Waals surface area contributed by atoms with Gasteiger partial charge in [-0.1, -0.05) is 0 Å². The summed E-state index contributed by atoms with van der Waals surface area (Å²) >= 11 is 0. The summed E-state index contributed by atoms with van der Waals surface area (Å²) in [7, 11) is 0. The van der Waals surface area contributed by atoms with Crippen LogP contribution in [0.2, 0.25) is 0 Å². The first-order chi connectivity index (χ1) is 13.8. The molecule has 3 heterocycles. The van der Waals surface area contributed by atoms with Crippen molar-refractivity contribution in [2.45, 2.75) is 58.9 Å². The number of carbonyl (C=O) groups is 1. The quantitative estimate of drug-likeness (QED) is 0.773. The number of hydrogen-bond acceptors (Lipinski definition) is 5. The Hall–Kier alpha value is -2.25. The summed E-state index contributed by atoms with van der Waals surface area (Å²) in [5.41, 5.74) is 1.18. The lowest BCUT2D eigenvalue weighted by molar-refractivity contribution is -0.0586. The molecule has 0 spiro atoms. The summed E-state index contributed by atoms with van der Waals surface area (Å²) in [6.07, 6.45) is 0.774. The van der Waals surface area contributed by atoms with E-state index in [0.717, 1.165) is 25.3 Å². The number of carbonyl (C=O) groups excluding carboxylic acids is 1. The lowest BCUT2D eigenvalue weighted by atomic mass is 10.1. The number of hydrogen-bond donors (Lipinski definition) is 0. The molecule has 1 aromatic carbocycles. The van der Waals surface area contributed by atoms with Crippen LogP contribution in [0.1, 0.15) is 43.9 Å². The maximum absolute atomic E-state index is 13.1. The number of ether oxygens (including phenoxy) is 1. The molecule has 7 nitrogen and oxygen atoms in total. The third-order valence-electron chi connectivity index (χ3n) is 5.95. The first kappa shape index (κ1) is 20.0. The number of nitrogens with zero attached hydrogens (tertiary/aromatic N) is 4.